The van der Waals surface area contributed by atoms with Crippen molar-refractivity contribution in [2.75, 3.05) is 10.8 Å². The number of halogens is 2. The number of amides is 2. The molecule has 230 valence electrons. The third kappa shape index (κ3) is 7.91. The first-order chi connectivity index (χ1) is 20.5. The molecule has 0 spiro atoms. The number of nitrogens with zero attached hydrogens (tertiary/aromatic N) is 2. The van der Waals surface area contributed by atoms with E-state index in [1.54, 1.807) is 24.3 Å². The third-order valence-electron chi connectivity index (χ3n) is 8.03. The summed E-state index contributed by atoms with van der Waals surface area (Å²) in [5.41, 5.74) is 2.80. The van der Waals surface area contributed by atoms with Gasteiger partial charge in [-0.3, -0.25) is 13.9 Å². The fraction of sp³-hybridized carbons (Fsp3) is 0.394. The second kappa shape index (κ2) is 14.6. The number of nitrogens with one attached hydrogen (secondary N) is 1. The van der Waals surface area contributed by atoms with Crippen LogP contribution in [0.4, 0.5) is 5.69 Å². The normalized spacial score (nSPS) is 14.6. The number of aryl methyl sites for hydroxylation is 2. The maximum atomic E-state index is 14.3. The summed E-state index contributed by atoms with van der Waals surface area (Å²) >= 11 is 12.8. The van der Waals surface area contributed by atoms with Crippen LogP contribution in [-0.2, 0) is 26.2 Å². The Hall–Kier alpha value is -3.07. The Morgan fingerprint density at radius 2 is 1.60 bits per heavy atom. The Labute approximate surface area is 265 Å². The third-order valence-corrected chi connectivity index (χ3v) is 10.6. The van der Waals surface area contributed by atoms with Crippen molar-refractivity contribution < 1.29 is 18.0 Å². The van der Waals surface area contributed by atoms with Crippen LogP contribution in [0.3, 0.4) is 0 Å². The van der Waals surface area contributed by atoms with Gasteiger partial charge in [-0.2, -0.15) is 0 Å². The molecule has 0 heterocycles. The van der Waals surface area contributed by atoms with Crippen molar-refractivity contribution in [3.63, 3.8) is 0 Å². The lowest BCUT2D eigenvalue weighted by Crippen LogP contribution is -2.54. The number of carbonyl (C=O) groups excluding carboxylic acids is 2. The Balaban J connectivity index is 1.75. The predicted octanol–water partition coefficient (Wildman–Crippen LogP) is 7.06. The lowest BCUT2D eigenvalue weighted by atomic mass is 9.95. The van der Waals surface area contributed by atoms with E-state index in [4.69, 9.17) is 23.2 Å². The van der Waals surface area contributed by atoms with Crippen molar-refractivity contribution in [1.82, 2.24) is 10.2 Å². The molecule has 4 rings (SSSR count). The monoisotopic (exact) mass is 643 g/mol. The van der Waals surface area contributed by atoms with E-state index in [1.807, 2.05) is 45.0 Å². The maximum Gasteiger partial charge on any atom is 0.264 e. The number of hydrogen-bond donors (Lipinski definition) is 1. The summed E-state index contributed by atoms with van der Waals surface area (Å²) < 4.78 is 29.2. The van der Waals surface area contributed by atoms with Crippen LogP contribution in [0.2, 0.25) is 10.0 Å². The van der Waals surface area contributed by atoms with Crippen molar-refractivity contribution >= 4 is 50.7 Å². The molecule has 1 fully saturated rings. The minimum Gasteiger partial charge on any atom is -0.352 e. The van der Waals surface area contributed by atoms with Crippen LogP contribution < -0.4 is 9.62 Å². The molecule has 1 aliphatic rings. The highest BCUT2D eigenvalue weighted by molar-refractivity contribution is 7.92. The SMILES string of the molecule is CCC(C(=O)NC1CCCCC1)N(Cc1ccccc1C)C(=O)CN(c1cccc(Cl)c1Cl)S(=O)(=O)c1ccc(C)cc1. The molecule has 2 amide bonds. The van der Waals surface area contributed by atoms with Crippen LogP contribution in [0, 0.1) is 13.8 Å². The van der Waals surface area contributed by atoms with E-state index < -0.39 is 28.5 Å². The highest BCUT2D eigenvalue weighted by Crippen LogP contribution is 2.35. The molecule has 3 aromatic rings. The molecule has 1 N–H and O–H groups in total. The molecular formula is C33H39Cl2N3O4S. The first-order valence-corrected chi connectivity index (χ1v) is 16.9. The maximum absolute atomic E-state index is 14.3. The number of sulfonamides is 1. The van der Waals surface area contributed by atoms with Crippen LogP contribution in [0.25, 0.3) is 0 Å². The van der Waals surface area contributed by atoms with Gasteiger partial charge in [0.25, 0.3) is 10.0 Å². The quantitative estimate of drug-likeness (QED) is 0.242. The van der Waals surface area contributed by atoms with E-state index >= 15 is 0 Å². The van der Waals surface area contributed by atoms with Gasteiger partial charge in [0.05, 0.1) is 20.6 Å². The number of benzene rings is 3. The molecule has 0 aliphatic heterocycles. The van der Waals surface area contributed by atoms with Gasteiger partial charge in [-0.15, -0.1) is 0 Å². The predicted molar refractivity (Wildman–Crippen MR) is 173 cm³/mol. The standard InChI is InChI=1S/C33H39Cl2N3O4S/c1-4-29(33(40)36-26-13-6-5-7-14-26)37(21-25-12-9-8-11-24(25)3)31(39)22-38(30-16-10-15-28(34)32(30)35)43(41,42)27-19-17-23(2)18-20-27/h8-12,15-20,26,29H,4-7,13-14,21-22H2,1-3H3,(H,36,40). The van der Waals surface area contributed by atoms with Crippen molar-refractivity contribution in [2.45, 2.75) is 82.8 Å². The number of hydrogen-bond acceptors (Lipinski definition) is 4. The molecule has 1 unspecified atom stereocenters. The van der Waals surface area contributed by atoms with Gasteiger partial charge in [-0.25, -0.2) is 8.42 Å². The van der Waals surface area contributed by atoms with Crippen LogP contribution in [0.15, 0.2) is 71.6 Å². The molecule has 1 aliphatic carbocycles. The zero-order chi connectivity index (χ0) is 31.1. The molecule has 3 aromatic carbocycles. The minimum absolute atomic E-state index is 0.00878. The van der Waals surface area contributed by atoms with Gasteiger partial charge in [0, 0.05) is 12.6 Å². The Morgan fingerprint density at radius 1 is 0.930 bits per heavy atom. The van der Waals surface area contributed by atoms with Crippen molar-refractivity contribution in [3.8, 4) is 0 Å². The number of rotatable bonds is 11. The lowest BCUT2D eigenvalue weighted by Gasteiger charge is -2.35. The average Bonchev–Trinajstić information content (AvgIpc) is 2.99. The van der Waals surface area contributed by atoms with Crippen molar-refractivity contribution in [3.05, 3.63) is 93.5 Å². The lowest BCUT2D eigenvalue weighted by molar-refractivity contribution is -0.140. The van der Waals surface area contributed by atoms with E-state index in [0.717, 1.165) is 53.1 Å². The van der Waals surface area contributed by atoms with Gasteiger partial charge >= 0.3 is 0 Å². The molecule has 1 saturated carbocycles. The first-order valence-electron chi connectivity index (χ1n) is 14.7. The van der Waals surface area contributed by atoms with Crippen LogP contribution >= 0.6 is 23.2 Å². The summed E-state index contributed by atoms with van der Waals surface area (Å²) in [7, 11) is -4.25. The summed E-state index contributed by atoms with van der Waals surface area (Å²) in [5, 5.41) is 3.34. The van der Waals surface area contributed by atoms with E-state index in [-0.39, 0.29) is 39.1 Å². The topological polar surface area (TPSA) is 86.8 Å². The smallest absolute Gasteiger partial charge is 0.264 e. The molecule has 0 radical (unpaired) electrons. The van der Waals surface area contributed by atoms with Gasteiger partial charge in [-0.1, -0.05) is 97.4 Å². The van der Waals surface area contributed by atoms with Crippen molar-refractivity contribution in [2.24, 2.45) is 0 Å². The Morgan fingerprint density at radius 3 is 2.26 bits per heavy atom. The number of anilines is 1. The van der Waals surface area contributed by atoms with Crippen molar-refractivity contribution in [1.29, 1.82) is 0 Å². The van der Waals surface area contributed by atoms with Gasteiger partial charge in [0.2, 0.25) is 11.8 Å². The Bertz CT molecular complexity index is 1540. The van der Waals surface area contributed by atoms with Crippen LogP contribution in [-0.4, -0.2) is 43.8 Å². The molecule has 10 heteroatoms. The fourth-order valence-corrected chi connectivity index (χ4v) is 7.34. The summed E-state index contributed by atoms with van der Waals surface area (Å²) in [4.78, 5) is 29.5. The zero-order valence-electron chi connectivity index (χ0n) is 24.9. The summed E-state index contributed by atoms with van der Waals surface area (Å²) in [6, 6.07) is 18.0. The van der Waals surface area contributed by atoms with Crippen LogP contribution in [0.5, 0.6) is 0 Å². The molecule has 1 atom stereocenters. The van der Waals surface area contributed by atoms with E-state index in [1.165, 1.54) is 23.1 Å². The van der Waals surface area contributed by atoms with Gasteiger partial charge in [0.1, 0.15) is 12.6 Å². The van der Waals surface area contributed by atoms with Gasteiger partial charge in [0.15, 0.2) is 0 Å². The molecule has 0 saturated heterocycles. The minimum atomic E-state index is -4.25. The highest BCUT2D eigenvalue weighted by atomic mass is 35.5. The number of carbonyl (C=O) groups is 2. The molecule has 0 bridgehead atoms. The molecule has 0 aromatic heterocycles. The van der Waals surface area contributed by atoms with Gasteiger partial charge < -0.3 is 10.2 Å². The Kier molecular flexibility index (Phi) is 11.2. The second-order valence-corrected chi connectivity index (χ2v) is 13.8. The van der Waals surface area contributed by atoms with Crippen LogP contribution in [0.1, 0.15) is 62.1 Å². The second-order valence-electron chi connectivity index (χ2n) is 11.1. The average molecular weight is 645 g/mol. The molecule has 43 heavy (non-hydrogen) atoms. The largest absolute Gasteiger partial charge is 0.352 e. The summed E-state index contributed by atoms with van der Waals surface area (Å²) in [6.45, 7) is 5.23. The first kappa shape index (κ1) is 32.8. The van der Waals surface area contributed by atoms with E-state index in [2.05, 4.69) is 5.32 Å². The van der Waals surface area contributed by atoms with Gasteiger partial charge in [-0.05, 0) is 68.5 Å². The summed E-state index contributed by atoms with van der Waals surface area (Å²) in [6.07, 6.45) is 5.44. The molecular weight excluding hydrogens is 605 g/mol. The summed E-state index contributed by atoms with van der Waals surface area (Å²) in [5.74, 6) is -0.759. The zero-order valence-corrected chi connectivity index (χ0v) is 27.2. The van der Waals surface area contributed by atoms with E-state index in [9.17, 15) is 18.0 Å². The van der Waals surface area contributed by atoms with E-state index in [0.29, 0.717) is 6.42 Å². The highest BCUT2D eigenvalue weighted by Gasteiger charge is 2.35. The molecule has 7 nitrogen and oxygen atoms in total. The fourth-order valence-electron chi connectivity index (χ4n) is 5.47.